The molecule has 1 saturated heterocycles. The summed E-state index contributed by atoms with van der Waals surface area (Å²) in [7, 11) is 0. The number of nitrogens with one attached hydrogen (secondary N) is 1. The van der Waals surface area contributed by atoms with Gasteiger partial charge >= 0.3 is 0 Å². The summed E-state index contributed by atoms with van der Waals surface area (Å²) in [6.07, 6.45) is 10.9. The van der Waals surface area contributed by atoms with Gasteiger partial charge in [0.05, 0.1) is 18.8 Å². The van der Waals surface area contributed by atoms with Gasteiger partial charge in [-0.1, -0.05) is 49.6 Å². The number of nitrogens with zero attached hydrogens (tertiary/aromatic N) is 2. The van der Waals surface area contributed by atoms with Crippen molar-refractivity contribution in [2.24, 2.45) is 0 Å². The van der Waals surface area contributed by atoms with E-state index in [4.69, 9.17) is 4.74 Å². The number of hydrogen-bond donors (Lipinski definition) is 1. The van der Waals surface area contributed by atoms with Crippen molar-refractivity contribution >= 4 is 22.7 Å². The maximum Gasteiger partial charge on any atom is 0.256 e. The number of unbranched alkanes of at least 4 members (excludes halogenated alkanes) is 1. The highest BCUT2D eigenvalue weighted by Gasteiger charge is 2.22. The monoisotopic (exact) mass is 487 g/mol. The molecule has 2 heterocycles. The number of rotatable bonds is 8. The van der Waals surface area contributed by atoms with Gasteiger partial charge in [-0.15, -0.1) is 0 Å². The van der Waals surface area contributed by atoms with E-state index in [0.29, 0.717) is 32.3 Å². The standard InChI is InChI=1S/C30H37N3O3/c34-29(31-25-12-2-1-3-13-25)24-11-8-10-23(21-24)9-6-7-16-33-22-27(26-14-4-5-15-28(26)33)30(35)32-17-19-36-20-18-32/h4-5,8,10-11,14-15,21-22,25H,1-3,6-7,9,12-13,16-20H2,(H,31,34). The molecule has 2 amide bonds. The number of aryl methyl sites for hydroxylation is 2. The van der Waals surface area contributed by atoms with Gasteiger partial charge in [-0.2, -0.15) is 0 Å². The minimum Gasteiger partial charge on any atom is -0.378 e. The van der Waals surface area contributed by atoms with Crippen LogP contribution in [0.25, 0.3) is 10.9 Å². The zero-order valence-electron chi connectivity index (χ0n) is 21.1. The Morgan fingerprint density at radius 3 is 2.58 bits per heavy atom. The van der Waals surface area contributed by atoms with Crippen molar-refractivity contribution in [3.05, 3.63) is 71.4 Å². The van der Waals surface area contributed by atoms with Gasteiger partial charge in [-0.25, -0.2) is 0 Å². The Kier molecular flexibility index (Phi) is 8.01. The van der Waals surface area contributed by atoms with E-state index in [1.54, 1.807) is 0 Å². The highest BCUT2D eigenvalue weighted by molar-refractivity contribution is 6.07. The number of benzene rings is 2. The van der Waals surface area contributed by atoms with E-state index in [2.05, 4.69) is 22.0 Å². The number of amides is 2. The van der Waals surface area contributed by atoms with E-state index in [1.807, 2.05) is 47.5 Å². The van der Waals surface area contributed by atoms with Gasteiger partial charge in [-0.05, 0) is 55.9 Å². The fourth-order valence-electron chi connectivity index (χ4n) is 5.53. The SMILES string of the molecule is O=C(NC1CCCCC1)c1cccc(CCCCn2cc(C(=O)N3CCOCC3)c3ccccc32)c1. The maximum absolute atomic E-state index is 13.2. The van der Waals surface area contributed by atoms with E-state index in [9.17, 15) is 9.59 Å². The number of carbonyl (C=O) groups is 2. The Morgan fingerprint density at radius 2 is 1.75 bits per heavy atom. The smallest absolute Gasteiger partial charge is 0.256 e. The van der Waals surface area contributed by atoms with Crippen LogP contribution in [-0.4, -0.2) is 53.6 Å². The molecule has 1 aliphatic heterocycles. The molecule has 36 heavy (non-hydrogen) atoms. The van der Waals surface area contributed by atoms with Gasteiger partial charge in [0.15, 0.2) is 0 Å². The van der Waals surface area contributed by atoms with Gasteiger partial charge in [0.25, 0.3) is 11.8 Å². The fourth-order valence-corrected chi connectivity index (χ4v) is 5.53. The van der Waals surface area contributed by atoms with E-state index < -0.39 is 0 Å². The first-order valence-corrected chi connectivity index (χ1v) is 13.5. The molecule has 190 valence electrons. The second kappa shape index (κ2) is 11.7. The lowest BCUT2D eigenvalue weighted by molar-refractivity contribution is 0.0304. The molecule has 1 aliphatic carbocycles. The number of ether oxygens (including phenoxy) is 1. The third kappa shape index (κ3) is 5.81. The lowest BCUT2D eigenvalue weighted by atomic mass is 9.95. The second-order valence-electron chi connectivity index (χ2n) is 10.1. The average Bonchev–Trinajstić information content (AvgIpc) is 3.30. The largest absolute Gasteiger partial charge is 0.378 e. The van der Waals surface area contributed by atoms with Crippen molar-refractivity contribution in [2.75, 3.05) is 26.3 Å². The van der Waals surface area contributed by atoms with Crippen LogP contribution in [0.4, 0.5) is 0 Å². The van der Waals surface area contributed by atoms with E-state index >= 15 is 0 Å². The van der Waals surface area contributed by atoms with Crippen LogP contribution < -0.4 is 5.32 Å². The first kappa shape index (κ1) is 24.6. The lowest BCUT2D eigenvalue weighted by Gasteiger charge is -2.26. The predicted molar refractivity (Wildman–Crippen MR) is 142 cm³/mol. The Hall–Kier alpha value is -3.12. The summed E-state index contributed by atoms with van der Waals surface area (Å²) >= 11 is 0. The van der Waals surface area contributed by atoms with Gasteiger partial charge in [-0.3, -0.25) is 9.59 Å². The molecule has 2 fully saturated rings. The normalized spacial score (nSPS) is 16.8. The summed E-state index contributed by atoms with van der Waals surface area (Å²) in [6, 6.07) is 16.6. The maximum atomic E-state index is 13.2. The molecule has 2 aliphatic rings. The molecule has 0 unspecified atom stereocenters. The molecule has 1 aromatic heterocycles. The van der Waals surface area contributed by atoms with Crippen LogP contribution in [0.5, 0.6) is 0 Å². The summed E-state index contributed by atoms with van der Waals surface area (Å²) in [4.78, 5) is 27.8. The highest BCUT2D eigenvalue weighted by Crippen LogP contribution is 2.24. The molecule has 0 atom stereocenters. The van der Waals surface area contributed by atoms with Crippen molar-refractivity contribution in [1.29, 1.82) is 0 Å². The minimum absolute atomic E-state index is 0.0556. The molecule has 6 nitrogen and oxygen atoms in total. The Labute approximate surface area is 213 Å². The Morgan fingerprint density at radius 1 is 0.944 bits per heavy atom. The number of morpholine rings is 1. The number of fused-ring (bicyclic) bond motifs is 1. The summed E-state index contributed by atoms with van der Waals surface area (Å²) in [5, 5.41) is 4.24. The molecule has 0 spiro atoms. The Bertz CT molecular complexity index is 1190. The summed E-state index contributed by atoms with van der Waals surface area (Å²) in [5.41, 5.74) is 3.85. The van der Waals surface area contributed by atoms with Crippen LogP contribution in [0, 0.1) is 0 Å². The number of para-hydroxylation sites is 1. The quantitative estimate of drug-likeness (QED) is 0.444. The average molecular weight is 488 g/mol. The van der Waals surface area contributed by atoms with Crippen LogP contribution in [0.2, 0.25) is 0 Å². The molecular weight excluding hydrogens is 450 g/mol. The number of hydrogen-bond acceptors (Lipinski definition) is 3. The van der Waals surface area contributed by atoms with E-state index in [-0.39, 0.29) is 11.8 Å². The zero-order valence-corrected chi connectivity index (χ0v) is 21.1. The van der Waals surface area contributed by atoms with Crippen LogP contribution in [-0.2, 0) is 17.7 Å². The van der Waals surface area contributed by atoms with Crippen molar-refractivity contribution in [2.45, 2.75) is 64.0 Å². The van der Waals surface area contributed by atoms with Crippen LogP contribution in [0.15, 0.2) is 54.7 Å². The minimum atomic E-state index is 0.0556. The number of carbonyl (C=O) groups excluding carboxylic acids is 2. The third-order valence-electron chi connectivity index (χ3n) is 7.56. The molecule has 5 rings (SSSR count). The topological polar surface area (TPSA) is 63.6 Å². The molecule has 1 N–H and O–H groups in total. The van der Waals surface area contributed by atoms with Crippen molar-refractivity contribution in [1.82, 2.24) is 14.8 Å². The van der Waals surface area contributed by atoms with Gasteiger partial charge < -0.3 is 19.5 Å². The lowest BCUT2D eigenvalue weighted by Crippen LogP contribution is -2.40. The molecule has 1 saturated carbocycles. The fraction of sp³-hybridized carbons (Fsp3) is 0.467. The first-order chi connectivity index (χ1) is 17.7. The number of aromatic nitrogens is 1. The highest BCUT2D eigenvalue weighted by atomic mass is 16.5. The van der Waals surface area contributed by atoms with Gasteiger partial charge in [0.1, 0.15) is 0 Å². The van der Waals surface area contributed by atoms with Crippen LogP contribution in [0.1, 0.15) is 71.2 Å². The van der Waals surface area contributed by atoms with Crippen molar-refractivity contribution in [3.8, 4) is 0 Å². The summed E-state index contributed by atoms with van der Waals surface area (Å²) in [6.45, 7) is 3.37. The van der Waals surface area contributed by atoms with Gasteiger partial charge in [0, 0.05) is 48.3 Å². The van der Waals surface area contributed by atoms with E-state index in [0.717, 1.165) is 60.7 Å². The summed E-state index contributed by atoms with van der Waals surface area (Å²) < 4.78 is 7.63. The zero-order chi connectivity index (χ0) is 24.7. The molecule has 0 radical (unpaired) electrons. The van der Waals surface area contributed by atoms with Crippen molar-refractivity contribution < 1.29 is 14.3 Å². The molecule has 0 bridgehead atoms. The molecule has 6 heteroatoms. The van der Waals surface area contributed by atoms with Crippen molar-refractivity contribution in [3.63, 3.8) is 0 Å². The van der Waals surface area contributed by atoms with Crippen LogP contribution in [0.3, 0.4) is 0 Å². The van der Waals surface area contributed by atoms with Crippen LogP contribution >= 0.6 is 0 Å². The first-order valence-electron chi connectivity index (χ1n) is 13.5. The summed E-state index contributed by atoms with van der Waals surface area (Å²) in [5.74, 6) is 0.150. The van der Waals surface area contributed by atoms with Gasteiger partial charge in [0.2, 0.25) is 0 Å². The third-order valence-corrected chi connectivity index (χ3v) is 7.56. The predicted octanol–water partition coefficient (Wildman–Crippen LogP) is 5.20. The molecular formula is C30H37N3O3. The Balaban J connectivity index is 1.18. The molecule has 3 aromatic rings. The van der Waals surface area contributed by atoms with E-state index in [1.165, 1.54) is 24.8 Å². The molecule has 2 aromatic carbocycles. The second-order valence-corrected chi connectivity index (χ2v) is 10.1.